The van der Waals surface area contributed by atoms with Crippen LogP contribution in [0.3, 0.4) is 0 Å². The van der Waals surface area contributed by atoms with Crippen LogP contribution in [0, 0.1) is 0 Å². The van der Waals surface area contributed by atoms with Crippen LogP contribution in [-0.4, -0.2) is 40.4 Å². The molecule has 0 aliphatic carbocycles. The number of hydrogen-bond acceptors (Lipinski definition) is 8. The van der Waals surface area contributed by atoms with Crippen molar-refractivity contribution in [3.05, 3.63) is 48.6 Å². The lowest BCUT2D eigenvalue weighted by atomic mass is 10.3. The van der Waals surface area contributed by atoms with Gasteiger partial charge in [-0.15, -0.1) is 0 Å². The first-order valence-corrected chi connectivity index (χ1v) is 8.07. The molecular formula is C20H20O8. The molecule has 0 radical (unpaired) electrons. The van der Waals surface area contributed by atoms with Gasteiger partial charge in [-0.05, 0) is 24.3 Å². The number of hydrogen-bond donors (Lipinski definition) is 0. The maximum atomic E-state index is 12.1. The number of ether oxygens (including phenoxy) is 6. The van der Waals surface area contributed by atoms with Crippen LogP contribution in [0.2, 0.25) is 0 Å². The summed E-state index contributed by atoms with van der Waals surface area (Å²) in [6.07, 6.45) is 1.85. The SMILES string of the molecule is COc1cccc(OC)c1OC(=O)/C=C/C(=O)Oc1c(OC)cccc1OC. The zero-order valence-electron chi connectivity index (χ0n) is 15.9. The van der Waals surface area contributed by atoms with Crippen LogP contribution >= 0.6 is 0 Å². The van der Waals surface area contributed by atoms with Crippen LogP contribution in [0.25, 0.3) is 0 Å². The van der Waals surface area contributed by atoms with Gasteiger partial charge in [0, 0.05) is 12.2 Å². The summed E-state index contributed by atoms with van der Waals surface area (Å²) >= 11 is 0. The highest BCUT2D eigenvalue weighted by Gasteiger charge is 2.16. The van der Waals surface area contributed by atoms with E-state index in [0.717, 1.165) is 12.2 Å². The summed E-state index contributed by atoms with van der Waals surface area (Å²) in [5, 5.41) is 0. The van der Waals surface area contributed by atoms with Crippen molar-refractivity contribution >= 4 is 11.9 Å². The summed E-state index contributed by atoms with van der Waals surface area (Å²) in [6, 6.07) is 9.80. The van der Waals surface area contributed by atoms with Gasteiger partial charge in [0.25, 0.3) is 0 Å². The Labute approximate surface area is 162 Å². The van der Waals surface area contributed by atoms with E-state index >= 15 is 0 Å². The van der Waals surface area contributed by atoms with E-state index in [9.17, 15) is 9.59 Å². The highest BCUT2D eigenvalue weighted by atomic mass is 16.6. The van der Waals surface area contributed by atoms with Gasteiger partial charge in [-0.2, -0.15) is 0 Å². The molecule has 0 unspecified atom stereocenters. The van der Waals surface area contributed by atoms with Crippen LogP contribution in [0.1, 0.15) is 0 Å². The largest absolute Gasteiger partial charge is 0.493 e. The molecule has 0 aliphatic heterocycles. The minimum Gasteiger partial charge on any atom is -0.493 e. The van der Waals surface area contributed by atoms with Gasteiger partial charge < -0.3 is 28.4 Å². The number of methoxy groups -OCH3 is 4. The van der Waals surface area contributed by atoms with Crippen molar-refractivity contribution in [2.24, 2.45) is 0 Å². The highest BCUT2D eigenvalue weighted by Crippen LogP contribution is 2.37. The molecule has 0 saturated heterocycles. The Hall–Kier alpha value is -3.68. The van der Waals surface area contributed by atoms with E-state index in [1.807, 2.05) is 0 Å². The topological polar surface area (TPSA) is 89.5 Å². The zero-order valence-corrected chi connectivity index (χ0v) is 15.9. The van der Waals surface area contributed by atoms with Gasteiger partial charge in [-0.25, -0.2) is 9.59 Å². The predicted molar refractivity (Wildman–Crippen MR) is 99.5 cm³/mol. The summed E-state index contributed by atoms with van der Waals surface area (Å²) in [5.41, 5.74) is 0. The van der Waals surface area contributed by atoms with E-state index in [2.05, 4.69) is 0 Å². The summed E-state index contributed by atoms with van der Waals surface area (Å²) in [6.45, 7) is 0. The van der Waals surface area contributed by atoms with E-state index < -0.39 is 11.9 Å². The van der Waals surface area contributed by atoms with Crippen molar-refractivity contribution in [3.63, 3.8) is 0 Å². The van der Waals surface area contributed by atoms with Crippen molar-refractivity contribution in [2.45, 2.75) is 0 Å². The average Bonchev–Trinajstić information content (AvgIpc) is 2.72. The van der Waals surface area contributed by atoms with E-state index in [1.165, 1.54) is 28.4 Å². The molecule has 0 heterocycles. The number of carbonyl (C=O) groups is 2. The molecule has 0 amide bonds. The Kier molecular flexibility index (Phi) is 7.27. The van der Waals surface area contributed by atoms with Crippen molar-refractivity contribution in [2.75, 3.05) is 28.4 Å². The second-order valence-corrected chi connectivity index (χ2v) is 5.16. The third kappa shape index (κ3) is 4.94. The number of carbonyl (C=O) groups excluding carboxylic acids is 2. The van der Waals surface area contributed by atoms with Gasteiger partial charge in [0.15, 0.2) is 23.0 Å². The minimum atomic E-state index is -0.813. The van der Waals surface area contributed by atoms with Crippen molar-refractivity contribution in [3.8, 4) is 34.5 Å². The van der Waals surface area contributed by atoms with E-state index in [0.29, 0.717) is 23.0 Å². The van der Waals surface area contributed by atoms with Gasteiger partial charge in [-0.1, -0.05) is 12.1 Å². The molecule has 2 aromatic carbocycles. The molecule has 0 saturated carbocycles. The van der Waals surface area contributed by atoms with Gasteiger partial charge in [-0.3, -0.25) is 0 Å². The van der Waals surface area contributed by atoms with Crippen LogP contribution in [0.5, 0.6) is 34.5 Å². The monoisotopic (exact) mass is 388 g/mol. The second kappa shape index (κ2) is 9.86. The number of benzene rings is 2. The lowest BCUT2D eigenvalue weighted by molar-refractivity contribution is -0.131. The molecule has 148 valence electrons. The lowest BCUT2D eigenvalue weighted by Crippen LogP contribution is -2.10. The summed E-state index contributed by atoms with van der Waals surface area (Å²) in [7, 11) is 5.72. The molecule has 0 atom stereocenters. The summed E-state index contributed by atoms with van der Waals surface area (Å²) in [5.74, 6) is -0.197. The molecule has 8 nitrogen and oxygen atoms in total. The Morgan fingerprint density at radius 1 is 0.607 bits per heavy atom. The van der Waals surface area contributed by atoms with E-state index in [1.54, 1.807) is 36.4 Å². The summed E-state index contributed by atoms with van der Waals surface area (Å²) in [4.78, 5) is 24.1. The minimum absolute atomic E-state index is 0.0990. The molecule has 0 aromatic heterocycles. The predicted octanol–water partition coefficient (Wildman–Crippen LogP) is 2.79. The molecule has 0 bridgehead atoms. The smallest absolute Gasteiger partial charge is 0.336 e. The summed E-state index contributed by atoms with van der Waals surface area (Å²) < 4.78 is 31.0. The zero-order chi connectivity index (χ0) is 20.5. The standard InChI is InChI=1S/C20H20O8/c1-23-13-7-5-8-14(24-2)19(13)27-17(21)11-12-18(22)28-20-15(25-3)9-6-10-16(20)26-4/h5-12H,1-4H3/b12-11+. The van der Waals surface area contributed by atoms with Crippen LogP contribution in [0.4, 0.5) is 0 Å². The van der Waals surface area contributed by atoms with Crippen molar-refractivity contribution < 1.29 is 38.0 Å². The third-order valence-corrected chi connectivity index (χ3v) is 3.53. The first-order valence-electron chi connectivity index (χ1n) is 8.07. The number of rotatable bonds is 8. The molecule has 0 aliphatic rings. The fourth-order valence-electron chi connectivity index (χ4n) is 2.24. The lowest BCUT2D eigenvalue weighted by Gasteiger charge is -2.12. The first kappa shape index (κ1) is 20.6. The Morgan fingerprint density at radius 3 is 1.14 bits per heavy atom. The molecule has 2 aromatic rings. The van der Waals surface area contributed by atoms with Gasteiger partial charge in [0.05, 0.1) is 28.4 Å². The molecular weight excluding hydrogens is 368 g/mol. The van der Waals surface area contributed by atoms with E-state index in [-0.39, 0.29) is 11.5 Å². The Balaban J connectivity index is 2.11. The highest BCUT2D eigenvalue weighted by molar-refractivity contribution is 5.94. The molecule has 0 N–H and O–H groups in total. The van der Waals surface area contributed by atoms with Crippen molar-refractivity contribution in [1.82, 2.24) is 0 Å². The maximum absolute atomic E-state index is 12.1. The second-order valence-electron chi connectivity index (χ2n) is 5.16. The average molecular weight is 388 g/mol. The maximum Gasteiger partial charge on any atom is 0.336 e. The molecule has 0 fully saturated rings. The van der Waals surface area contributed by atoms with Crippen LogP contribution < -0.4 is 28.4 Å². The Bertz CT molecular complexity index is 757. The quantitative estimate of drug-likeness (QED) is 0.387. The van der Waals surface area contributed by atoms with Crippen LogP contribution in [0.15, 0.2) is 48.6 Å². The van der Waals surface area contributed by atoms with Gasteiger partial charge >= 0.3 is 11.9 Å². The molecule has 28 heavy (non-hydrogen) atoms. The van der Waals surface area contributed by atoms with E-state index in [4.69, 9.17) is 28.4 Å². The number of para-hydroxylation sites is 2. The van der Waals surface area contributed by atoms with Gasteiger partial charge in [0.1, 0.15) is 0 Å². The fourth-order valence-corrected chi connectivity index (χ4v) is 2.24. The van der Waals surface area contributed by atoms with Crippen molar-refractivity contribution in [1.29, 1.82) is 0 Å². The fraction of sp³-hybridized carbons (Fsp3) is 0.200. The molecule has 0 spiro atoms. The molecule has 2 rings (SSSR count). The first-order chi connectivity index (χ1) is 13.5. The van der Waals surface area contributed by atoms with Crippen LogP contribution in [-0.2, 0) is 9.59 Å². The number of esters is 2. The third-order valence-electron chi connectivity index (χ3n) is 3.53. The Morgan fingerprint density at radius 2 is 0.893 bits per heavy atom. The molecule has 8 heteroatoms. The normalized spacial score (nSPS) is 10.3. The van der Waals surface area contributed by atoms with Gasteiger partial charge in [0.2, 0.25) is 11.5 Å².